The van der Waals surface area contributed by atoms with E-state index < -0.39 is 17.8 Å². The number of aliphatic hydroxyl groups is 2. The largest absolute Gasteiger partial charge is 0.416 e. The van der Waals surface area contributed by atoms with Crippen LogP contribution >= 0.6 is 0 Å². The molecule has 1 rings (SSSR count). The van der Waals surface area contributed by atoms with Gasteiger partial charge < -0.3 is 15.5 Å². The molecule has 0 spiro atoms. The molecule has 0 heterocycles. The van der Waals surface area contributed by atoms with E-state index in [0.29, 0.717) is 11.5 Å². The van der Waals surface area contributed by atoms with Crippen LogP contribution in [0.4, 0.5) is 13.2 Å². The van der Waals surface area contributed by atoms with Crippen LogP contribution < -0.4 is 5.32 Å². The van der Waals surface area contributed by atoms with E-state index in [9.17, 15) is 23.4 Å². The second-order valence-electron chi connectivity index (χ2n) is 5.55. The lowest BCUT2D eigenvalue weighted by molar-refractivity contribution is -0.137. The zero-order valence-corrected chi connectivity index (χ0v) is 12.2. The van der Waals surface area contributed by atoms with E-state index in [1.807, 2.05) is 13.8 Å². The van der Waals surface area contributed by atoms with Crippen molar-refractivity contribution in [1.29, 1.82) is 0 Å². The van der Waals surface area contributed by atoms with Crippen LogP contribution in [-0.4, -0.2) is 29.4 Å². The minimum absolute atomic E-state index is 0.0437. The van der Waals surface area contributed by atoms with Gasteiger partial charge in [-0.25, -0.2) is 0 Å². The van der Waals surface area contributed by atoms with E-state index in [1.54, 1.807) is 0 Å². The average Bonchev–Trinajstić information content (AvgIpc) is 2.41. The lowest BCUT2D eigenvalue weighted by Gasteiger charge is -2.21. The normalized spacial score (nSPS) is 15.2. The first-order chi connectivity index (χ1) is 9.74. The fourth-order valence-electron chi connectivity index (χ4n) is 2.08. The molecule has 0 bridgehead atoms. The Morgan fingerprint density at radius 3 is 2.14 bits per heavy atom. The smallest absolute Gasteiger partial charge is 0.395 e. The summed E-state index contributed by atoms with van der Waals surface area (Å²) in [5.74, 6) is 0.401. The third-order valence-electron chi connectivity index (χ3n) is 3.20. The molecule has 0 aliphatic rings. The van der Waals surface area contributed by atoms with Gasteiger partial charge in [-0.1, -0.05) is 26.0 Å². The second-order valence-corrected chi connectivity index (χ2v) is 5.55. The van der Waals surface area contributed by atoms with E-state index in [0.717, 1.165) is 18.6 Å². The van der Waals surface area contributed by atoms with Gasteiger partial charge in [-0.3, -0.25) is 0 Å². The molecule has 0 amide bonds. The molecule has 2 unspecified atom stereocenters. The van der Waals surface area contributed by atoms with Gasteiger partial charge >= 0.3 is 6.18 Å². The highest BCUT2D eigenvalue weighted by atomic mass is 19.4. The molecule has 6 heteroatoms. The SMILES string of the molecule is CC(C)CC(CO)NCC(O)c1ccc(C(F)(F)F)cc1. The van der Waals surface area contributed by atoms with Gasteiger partial charge in [0, 0.05) is 12.6 Å². The van der Waals surface area contributed by atoms with Crippen LogP contribution in [0.3, 0.4) is 0 Å². The maximum absolute atomic E-state index is 12.4. The summed E-state index contributed by atoms with van der Waals surface area (Å²) in [7, 11) is 0. The summed E-state index contributed by atoms with van der Waals surface area (Å²) in [4.78, 5) is 0. The number of hydrogen-bond acceptors (Lipinski definition) is 3. The Kier molecular flexibility index (Phi) is 6.64. The number of alkyl halides is 3. The Morgan fingerprint density at radius 2 is 1.71 bits per heavy atom. The zero-order valence-electron chi connectivity index (χ0n) is 12.2. The molecule has 0 radical (unpaired) electrons. The molecule has 0 aliphatic heterocycles. The van der Waals surface area contributed by atoms with E-state index in [2.05, 4.69) is 5.32 Å². The monoisotopic (exact) mass is 305 g/mol. The summed E-state index contributed by atoms with van der Waals surface area (Å²) in [6, 6.07) is 4.32. The minimum atomic E-state index is -4.37. The molecule has 0 aliphatic carbocycles. The van der Waals surface area contributed by atoms with Gasteiger partial charge in [-0.2, -0.15) is 13.2 Å². The fourth-order valence-corrected chi connectivity index (χ4v) is 2.08. The predicted octanol–water partition coefficient (Wildman–Crippen LogP) is 2.74. The van der Waals surface area contributed by atoms with Gasteiger partial charge in [0.1, 0.15) is 0 Å². The summed E-state index contributed by atoms with van der Waals surface area (Å²) in [6.45, 7) is 4.19. The molecule has 1 aromatic carbocycles. The summed E-state index contributed by atoms with van der Waals surface area (Å²) in [5.41, 5.74) is -0.323. The Bertz CT molecular complexity index is 418. The van der Waals surface area contributed by atoms with Gasteiger partial charge in [0.2, 0.25) is 0 Å². The van der Waals surface area contributed by atoms with Crippen LogP contribution in [0.5, 0.6) is 0 Å². The van der Waals surface area contributed by atoms with Crippen molar-refractivity contribution in [3.63, 3.8) is 0 Å². The van der Waals surface area contributed by atoms with Gasteiger partial charge in [0.15, 0.2) is 0 Å². The van der Waals surface area contributed by atoms with Crippen molar-refractivity contribution in [3.8, 4) is 0 Å². The van der Waals surface area contributed by atoms with Crippen molar-refractivity contribution < 1.29 is 23.4 Å². The van der Waals surface area contributed by atoms with Crippen molar-refractivity contribution in [2.24, 2.45) is 5.92 Å². The minimum Gasteiger partial charge on any atom is -0.395 e. The Hall–Kier alpha value is -1.11. The topological polar surface area (TPSA) is 52.5 Å². The number of nitrogens with one attached hydrogen (secondary N) is 1. The van der Waals surface area contributed by atoms with E-state index in [1.165, 1.54) is 12.1 Å². The van der Waals surface area contributed by atoms with E-state index in [4.69, 9.17) is 0 Å². The molecule has 3 N–H and O–H groups in total. The number of rotatable bonds is 7. The third kappa shape index (κ3) is 6.03. The number of benzene rings is 1. The van der Waals surface area contributed by atoms with Crippen LogP contribution in [-0.2, 0) is 6.18 Å². The molecule has 0 fully saturated rings. The average molecular weight is 305 g/mol. The second kappa shape index (κ2) is 7.77. The molecule has 120 valence electrons. The quantitative estimate of drug-likeness (QED) is 0.726. The van der Waals surface area contributed by atoms with Crippen molar-refractivity contribution in [1.82, 2.24) is 5.32 Å². The Morgan fingerprint density at radius 1 is 1.14 bits per heavy atom. The summed E-state index contributed by atoms with van der Waals surface area (Å²) >= 11 is 0. The first kappa shape index (κ1) is 17.9. The highest BCUT2D eigenvalue weighted by Gasteiger charge is 2.30. The molecule has 0 saturated heterocycles. The van der Waals surface area contributed by atoms with Crippen molar-refractivity contribution in [2.45, 2.75) is 38.6 Å². The number of hydrogen-bond donors (Lipinski definition) is 3. The molecule has 2 atom stereocenters. The highest BCUT2D eigenvalue weighted by molar-refractivity contribution is 5.26. The summed E-state index contributed by atoms with van der Waals surface area (Å²) in [6.07, 6.45) is -4.52. The van der Waals surface area contributed by atoms with Gasteiger partial charge in [-0.15, -0.1) is 0 Å². The summed E-state index contributed by atoms with van der Waals surface area (Å²) < 4.78 is 37.3. The van der Waals surface area contributed by atoms with Crippen molar-refractivity contribution >= 4 is 0 Å². The van der Waals surface area contributed by atoms with Gasteiger partial charge in [0.05, 0.1) is 18.3 Å². The third-order valence-corrected chi connectivity index (χ3v) is 3.20. The van der Waals surface area contributed by atoms with Crippen molar-refractivity contribution in [2.75, 3.05) is 13.2 Å². The predicted molar refractivity (Wildman–Crippen MR) is 74.7 cm³/mol. The van der Waals surface area contributed by atoms with Gasteiger partial charge in [0.25, 0.3) is 0 Å². The van der Waals surface area contributed by atoms with E-state index in [-0.39, 0.29) is 19.2 Å². The zero-order chi connectivity index (χ0) is 16.0. The molecule has 0 aromatic heterocycles. The molecule has 1 aromatic rings. The van der Waals surface area contributed by atoms with Gasteiger partial charge in [-0.05, 0) is 30.0 Å². The van der Waals surface area contributed by atoms with Crippen molar-refractivity contribution in [3.05, 3.63) is 35.4 Å². The molecule has 3 nitrogen and oxygen atoms in total. The molecular formula is C15H22F3NO2. The maximum Gasteiger partial charge on any atom is 0.416 e. The lowest BCUT2D eigenvalue weighted by atomic mass is 10.0. The Balaban J connectivity index is 2.57. The van der Waals surface area contributed by atoms with Crippen LogP contribution in [0.15, 0.2) is 24.3 Å². The number of aliphatic hydroxyl groups excluding tert-OH is 2. The summed E-state index contributed by atoms with van der Waals surface area (Å²) in [5, 5.41) is 22.2. The van der Waals surface area contributed by atoms with Crippen LogP contribution in [0.1, 0.15) is 37.5 Å². The Labute approximate surface area is 122 Å². The molecule has 21 heavy (non-hydrogen) atoms. The fraction of sp³-hybridized carbons (Fsp3) is 0.600. The van der Waals surface area contributed by atoms with Crippen LogP contribution in [0.25, 0.3) is 0 Å². The molecule has 0 saturated carbocycles. The first-order valence-electron chi connectivity index (χ1n) is 6.93. The lowest BCUT2D eigenvalue weighted by Crippen LogP contribution is -2.36. The number of halogens is 3. The molecular weight excluding hydrogens is 283 g/mol. The standard InChI is InChI=1S/C15H22F3NO2/c1-10(2)7-13(9-20)19-8-14(21)11-3-5-12(6-4-11)15(16,17)18/h3-6,10,13-14,19-21H,7-9H2,1-2H3. The first-order valence-corrected chi connectivity index (χ1v) is 6.93. The van der Waals surface area contributed by atoms with Crippen LogP contribution in [0.2, 0.25) is 0 Å². The van der Waals surface area contributed by atoms with Crippen LogP contribution in [0, 0.1) is 5.92 Å². The van der Waals surface area contributed by atoms with E-state index >= 15 is 0 Å². The maximum atomic E-state index is 12.4. The highest BCUT2D eigenvalue weighted by Crippen LogP contribution is 2.29.